The summed E-state index contributed by atoms with van der Waals surface area (Å²) in [5, 5.41) is 0. The molecule has 1 aliphatic heterocycles. The molecule has 1 saturated heterocycles. The molecule has 0 amide bonds. The van der Waals surface area contributed by atoms with Crippen LogP contribution in [0.25, 0.3) is 0 Å². The van der Waals surface area contributed by atoms with Gasteiger partial charge in [-0.2, -0.15) is 0 Å². The van der Waals surface area contributed by atoms with Crippen LogP contribution in [-0.2, 0) is 4.74 Å². The molecule has 1 heterocycles. The first-order valence-electron chi connectivity index (χ1n) is 5.24. The quantitative estimate of drug-likeness (QED) is 0.632. The Bertz CT molecular complexity index is 123. The highest BCUT2D eigenvalue weighted by atomic mass is 16.5. The monoisotopic (exact) mass is 170 g/mol. The van der Waals surface area contributed by atoms with Crippen molar-refractivity contribution in [3.8, 4) is 0 Å². The first-order valence-corrected chi connectivity index (χ1v) is 5.24. The van der Waals surface area contributed by atoms with Crippen LogP contribution in [0.2, 0.25) is 0 Å². The van der Waals surface area contributed by atoms with Crippen molar-refractivity contribution in [3.05, 3.63) is 0 Å². The molecule has 1 aliphatic rings. The van der Waals surface area contributed by atoms with Gasteiger partial charge in [-0.05, 0) is 30.6 Å². The molecule has 12 heavy (non-hydrogen) atoms. The van der Waals surface area contributed by atoms with Crippen molar-refractivity contribution in [2.75, 3.05) is 6.61 Å². The minimum absolute atomic E-state index is 0.544. The summed E-state index contributed by atoms with van der Waals surface area (Å²) in [6.07, 6.45) is 3.08. The molecular weight excluding hydrogens is 148 g/mol. The van der Waals surface area contributed by atoms with Gasteiger partial charge in [0, 0.05) is 6.61 Å². The summed E-state index contributed by atoms with van der Waals surface area (Å²) < 4.78 is 5.69. The third-order valence-electron chi connectivity index (χ3n) is 3.43. The van der Waals surface area contributed by atoms with Crippen molar-refractivity contribution in [2.24, 2.45) is 17.8 Å². The fraction of sp³-hybridized carbons (Fsp3) is 1.00. The fourth-order valence-electron chi connectivity index (χ4n) is 1.96. The Hall–Kier alpha value is -0.0400. The van der Waals surface area contributed by atoms with E-state index in [1.165, 1.54) is 12.8 Å². The first-order chi connectivity index (χ1) is 5.63. The molecule has 0 radical (unpaired) electrons. The Morgan fingerprint density at radius 3 is 2.25 bits per heavy atom. The van der Waals surface area contributed by atoms with Gasteiger partial charge >= 0.3 is 0 Å². The zero-order valence-corrected chi connectivity index (χ0v) is 8.84. The van der Waals surface area contributed by atoms with Crippen LogP contribution in [0.5, 0.6) is 0 Å². The van der Waals surface area contributed by atoms with Crippen LogP contribution >= 0.6 is 0 Å². The van der Waals surface area contributed by atoms with Crippen molar-refractivity contribution in [2.45, 2.75) is 46.6 Å². The van der Waals surface area contributed by atoms with Gasteiger partial charge in [-0.25, -0.2) is 0 Å². The average Bonchev–Trinajstić information content (AvgIpc) is 2.53. The summed E-state index contributed by atoms with van der Waals surface area (Å²) in [4.78, 5) is 0. The maximum absolute atomic E-state index is 5.69. The van der Waals surface area contributed by atoms with Crippen LogP contribution in [0.1, 0.15) is 40.5 Å². The first kappa shape index (κ1) is 10.0. The highest BCUT2D eigenvalue weighted by Crippen LogP contribution is 2.29. The molecule has 0 aliphatic carbocycles. The molecule has 1 heteroatoms. The van der Waals surface area contributed by atoms with E-state index in [-0.39, 0.29) is 0 Å². The number of hydrogen-bond donors (Lipinski definition) is 0. The van der Waals surface area contributed by atoms with E-state index in [0.717, 1.165) is 24.4 Å². The summed E-state index contributed by atoms with van der Waals surface area (Å²) in [6, 6.07) is 0. The van der Waals surface area contributed by atoms with E-state index in [0.29, 0.717) is 6.10 Å². The van der Waals surface area contributed by atoms with E-state index in [2.05, 4.69) is 27.7 Å². The molecule has 0 aromatic carbocycles. The molecule has 0 aromatic heterocycles. The van der Waals surface area contributed by atoms with Crippen molar-refractivity contribution in [3.63, 3.8) is 0 Å². The van der Waals surface area contributed by atoms with Gasteiger partial charge in [-0.1, -0.05) is 27.7 Å². The van der Waals surface area contributed by atoms with E-state index < -0.39 is 0 Å². The van der Waals surface area contributed by atoms with Crippen LogP contribution in [-0.4, -0.2) is 12.7 Å². The summed E-state index contributed by atoms with van der Waals surface area (Å²) in [7, 11) is 0. The molecule has 3 atom stereocenters. The maximum Gasteiger partial charge on any atom is 0.0604 e. The summed E-state index contributed by atoms with van der Waals surface area (Å²) in [5.74, 6) is 2.30. The van der Waals surface area contributed by atoms with Gasteiger partial charge in [0.05, 0.1) is 6.10 Å². The van der Waals surface area contributed by atoms with Gasteiger partial charge < -0.3 is 4.74 Å². The lowest BCUT2D eigenvalue weighted by molar-refractivity contribution is 0.0395. The Morgan fingerprint density at radius 2 is 1.83 bits per heavy atom. The molecule has 72 valence electrons. The standard InChI is InChI=1S/C11H22O/c1-8(2)9(3)10(4)11-6-5-7-12-11/h8-11H,5-7H2,1-4H3/t9?,10-,11-/m1/s1. The van der Waals surface area contributed by atoms with Gasteiger partial charge in [0.2, 0.25) is 0 Å². The molecular formula is C11H22O. The lowest BCUT2D eigenvalue weighted by atomic mass is 9.82. The summed E-state index contributed by atoms with van der Waals surface area (Å²) in [6.45, 7) is 10.3. The molecule has 1 fully saturated rings. The number of hydrogen-bond acceptors (Lipinski definition) is 1. The third kappa shape index (κ3) is 2.22. The highest BCUT2D eigenvalue weighted by molar-refractivity contribution is 4.76. The van der Waals surface area contributed by atoms with Crippen LogP contribution < -0.4 is 0 Å². The Kier molecular flexibility index (Phi) is 3.57. The largest absolute Gasteiger partial charge is 0.378 e. The van der Waals surface area contributed by atoms with Crippen molar-refractivity contribution >= 4 is 0 Å². The van der Waals surface area contributed by atoms with Gasteiger partial charge in [0.25, 0.3) is 0 Å². The average molecular weight is 170 g/mol. The molecule has 1 rings (SSSR count). The molecule has 1 unspecified atom stereocenters. The lowest BCUT2D eigenvalue weighted by Gasteiger charge is -2.27. The Balaban J connectivity index is 2.39. The highest BCUT2D eigenvalue weighted by Gasteiger charge is 2.27. The zero-order chi connectivity index (χ0) is 9.14. The Morgan fingerprint density at radius 1 is 1.17 bits per heavy atom. The second kappa shape index (κ2) is 4.27. The van der Waals surface area contributed by atoms with Crippen molar-refractivity contribution < 1.29 is 4.74 Å². The fourth-order valence-corrected chi connectivity index (χ4v) is 1.96. The normalized spacial score (nSPS) is 29.2. The minimum Gasteiger partial charge on any atom is -0.378 e. The second-order valence-corrected chi connectivity index (χ2v) is 4.51. The van der Waals surface area contributed by atoms with E-state index in [4.69, 9.17) is 4.74 Å². The van der Waals surface area contributed by atoms with E-state index >= 15 is 0 Å². The Labute approximate surface area is 76.5 Å². The molecule has 0 aromatic rings. The van der Waals surface area contributed by atoms with Crippen molar-refractivity contribution in [1.29, 1.82) is 0 Å². The number of ether oxygens (including phenoxy) is 1. The van der Waals surface area contributed by atoms with Gasteiger partial charge in [0.1, 0.15) is 0 Å². The molecule has 0 saturated carbocycles. The van der Waals surface area contributed by atoms with Crippen molar-refractivity contribution in [1.82, 2.24) is 0 Å². The topological polar surface area (TPSA) is 9.23 Å². The summed E-state index contributed by atoms with van der Waals surface area (Å²) in [5.41, 5.74) is 0. The predicted octanol–water partition coefficient (Wildman–Crippen LogP) is 3.09. The summed E-state index contributed by atoms with van der Waals surface area (Å²) >= 11 is 0. The van der Waals surface area contributed by atoms with Crippen LogP contribution in [0.4, 0.5) is 0 Å². The zero-order valence-electron chi connectivity index (χ0n) is 8.84. The van der Waals surface area contributed by atoms with Crippen LogP contribution in [0.3, 0.4) is 0 Å². The molecule has 0 spiro atoms. The molecule has 0 bridgehead atoms. The lowest BCUT2D eigenvalue weighted by Crippen LogP contribution is -2.26. The van der Waals surface area contributed by atoms with Crippen LogP contribution in [0.15, 0.2) is 0 Å². The van der Waals surface area contributed by atoms with Gasteiger partial charge in [-0.3, -0.25) is 0 Å². The van der Waals surface area contributed by atoms with Gasteiger partial charge in [0.15, 0.2) is 0 Å². The smallest absolute Gasteiger partial charge is 0.0604 e. The predicted molar refractivity (Wildman–Crippen MR) is 52.1 cm³/mol. The van der Waals surface area contributed by atoms with E-state index in [1.807, 2.05) is 0 Å². The SMILES string of the molecule is CC(C)C(C)[C@@H](C)[C@H]1CCCO1. The number of rotatable bonds is 3. The molecule has 1 nitrogen and oxygen atoms in total. The minimum atomic E-state index is 0.544. The van der Waals surface area contributed by atoms with E-state index in [9.17, 15) is 0 Å². The maximum atomic E-state index is 5.69. The van der Waals surface area contributed by atoms with E-state index in [1.54, 1.807) is 0 Å². The van der Waals surface area contributed by atoms with Crippen LogP contribution in [0, 0.1) is 17.8 Å². The third-order valence-corrected chi connectivity index (χ3v) is 3.43. The molecule has 0 N–H and O–H groups in total. The van der Waals surface area contributed by atoms with Gasteiger partial charge in [-0.15, -0.1) is 0 Å². The second-order valence-electron chi connectivity index (χ2n) is 4.51.